The average molecular weight is 426 g/mol. The van der Waals surface area contributed by atoms with Crippen molar-refractivity contribution in [2.75, 3.05) is 20.2 Å². The van der Waals surface area contributed by atoms with Crippen LogP contribution in [0.3, 0.4) is 0 Å². The Balaban J connectivity index is 1.50. The highest BCUT2D eigenvalue weighted by molar-refractivity contribution is 6.12. The van der Waals surface area contributed by atoms with Crippen molar-refractivity contribution in [1.82, 2.24) is 0 Å². The summed E-state index contributed by atoms with van der Waals surface area (Å²) in [5.74, 6) is -2.60. The fourth-order valence-electron chi connectivity index (χ4n) is 3.96. The summed E-state index contributed by atoms with van der Waals surface area (Å²) in [6.07, 6.45) is -0.996. The topological polar surface area (TPSA) is 107 Å². The van der Waals surface area contributed by atoms with Gasteiger partial charge in [0.15, 0.2) is 28.8 Å². The first-order chi connectivity index (χ1) is 15.1. The number of ether oxygens (including phenoxy) is 6. The highest BCUT2D eigenvalue weighted by Crippen LogP contribution is 2.45. The smallest absolute Gasteiger partial charge is 0.318 e. The summed E-state index contributed by atoms with van der Waals surface area (Å²) in [6, 6.07) is 9.59. The molecule has 3 aliphatic rings. The molecule has 1 fully saturated rings. The summed E-state index contributed by atoms with van der Waals surface area (Å²) < 4.78 is 32.0. The molecule has 0 spiro atoms. The monoisotopic (exact) mass is 426 g/mol. The van der Waals surface area contributed by atoms with Gasteiger partial charge in [0.1, 0.15) is 17.9 Å². The first-order valence-electron chi connectivity index (χ1n) is 9.77. The Morgan fingerprint density at radius 1 is 0.935 bits per heavy atom. The number of carbonyl (C=O) groups is 3. The van der Waals surface area contributed by atoms with Crippen LogP contribution in [0.4, 0.5) is 0 Å². The van der Waals surface area contributed by atoms with E-state index in [2.05, 4.69) is 0 Å². The lowest BCUT2D eigenvalue weighted by atomic mass is 9.82. The predicted molar refractivity (Wildman–Crippen MR) is 102 cm³/mol. The molecule has 31 heavy (non-hydrogen) atoms. The summed E-state index contributed by atoms with van der Waals surface area (Å²) in [6.45, 7) is 1.88. The minimum atomic E-state index is -1.35. The van der Waals surface area contributed by atoms with Crippen molar-refractivity contribution in [3.63, 3.8) is 0 Å². The molecular weight excluding hydrogens is 408 g/mol. The van der Waals surface area contributed by atoms with Gasteiger partial charge in [0.2, 0.25) is 13.6 Å². The number of cyclic esters (lactones) is 1. The number of rotatable bonds is 5. The van der Waals surface area contributed by atoms with Gasteiger partial charge in [0.05, 0.1) is 6.61 Å². The highest BCUT2D eigenvalue weighted by Gasteiger charge is 2.54. The number of hydrogen-bond donors (Lipinski definition) is 0. The fraction of sp³-hybridized carbons (Fsp3) is 0.318. The van der Waals surface area contributed by atoms with E-state index in [9.17, 15) is 14.4 Å². The molecule has 0 unspecified atom stereocenters. The normalized spacial score (nSPS) is 22.9. The maximum Gasteiger partial charge on any atom is 0.318 e. The van der Waals surface area contributed by atoms with E-state index < -0.39 is 35.7 Å². The number of ketones is 1. The van der Waals surface area contributed by atoms with Crippen LogP contribution >= 0.6 is 0 Å². The van der Waals surface area contributed by atoms with E-state index in [1.807, 2.05) is 0 Å². The number of fused-ring (bicyclic) bond motifs is 2. The van der Waals surface area contributed by atoms with Crippen molar-refractivity contribution in [3.8, 4) is 23.0 Å². The van der Waals surface area contributed by atoms with Gasteiger partial charge < -0.3 is 28.4 Å². The zero-order chi connectivity index (χ0) is 21.5. The summed E-state index contributed by atoms with van der Waals surface area (Å²) in [4.78, 5) is 38.9. The molecule has 0 aliphatic carbocycles. The van der Waals surface area contributed by atoms with Crippen LogP contribution in [0.1, 0.15) is 28.9 Å². The molecule has 2 aromatic rings. The number of Topliss-reactive ketones (excluding diaryl/α,β-unsaturated/α-hetero) is 1. The van der Waals surface area contributed by atoms with Crippen LogP contribution in [0.5, 0.6) is 23.0 Å². The second-order valence-corrected chi connectivity index (χ2v) is 7.16. The maximum absolute atomic E-state index is 13.3. The molecule has 3 aliphatic heterocycles. The minimum Gasteiger partial charge on any atom is -0.466 e. The van der Waals surface area contributed by atoms with Gasteiger partial charge in [-0.25, -0.2) is 0 Å². The Kier molecular flexibility index (Phi) is 4.65. The standard InChI is InChI=1S/C22H18O9/c1-2-26-21(24)18-17(19(23)11-3-5-13-15(7-11)29-9-27-13)22(25)31-20(18)12-4-6-14-16(8-12)30-10-28-14/h3-8,17-18,20H,2,9-10H2,1H3/t17-,18+,20+/m1/s1. The molecule has 0 bridgehead atoms. The maximum atomic E-state index is 13.3. The van der Waals surface area contributed by atoms with E-state index in [1.165, 1.54) is 12.1 Å². The molecule has 9 nitrogen and oxygen atoms in total. The zero-order valence-corrected chi connectivity index (χ0v) is 16.5. The van der Waals surface area contributed by atoms with Crippen molar-refractivity contribution < 1.29 is 42.8 Å². The Morgan fingerprint density at radius 3 is 2.29 bits per heavy atom. The Morgan fingerprint density at radius 2 is 1.58 bits per heavy atom. The molecule has 3 atom stereocenters. The second-order valence-electron chi connectivity index (χ2n) is 7.16. The van der Waals surface area contributed by atoms with Crippen LogP contribution in [0, 0.1) is 11.8 Å². The van der Waals surface area contributed by atoms with Crippen LogP contribution in [-0.4, -0.2) is 37.9 Å². The molecule has 0 aromatic heterocycles. The third kappa shape index (κ3) is 3.22. The molecule has 0 radical (unpaired) electrons. The quantitative estimate of drug-likeness (QED) is 0.405. The molecule has 0 saturated carbocycles. The second kappa shape index (κ2) is 7.50. The van der Waals surface area contributed by atoms with Gasteiger partial charge in [0.25, 0.3) is 0 Å². The molecular formula is C22H18O9. The van der Waals surface area contributed by atoms with Gasteiger partial charge in [-0.2, -0.15) is 0 Å². The van der Waals surface area contributed by atoms with Crippen LogP contribution in [0.25, 0.3) is 0 Å². The highest BCUT2D eigenvalue weighted by atomic mass is 16.7. The zero-order valence-electron chi connectivity index (χ0n) is 16.5. The van der Waals surface area contributed by atoms with Crippen molar-refractivity contribution in [3.05, 3.63) is 47.5 Å². The molecule has 1 saturated heterocycles. The molecule has 0 amide bonds. The van der Waals surface area contributed by atoms with Crippen LogP contribution < -0.4 is 18.9 Å². The van der Waals surface area contributed by atoms with Gasteiger partial charge in [-0.1, -0.05) is 6.07 Å². The summed E-state index contributed by atoms with van der Waals surface area (Å²) >= 11 is 0. The van der Waals surface area contributed by atoms with E-state index >= 15 is 0 Å². The van der Waals surface area contributed by atoms with Crippen molar-refractivity contribution in [2.45, 2.75) is 13.0 Å². The van der Waals surface area contributed by atoms with Crippen molar-refractivity contribution in [1.29, 1.82) is 0 Å². The molecule has 2 aromatic carbocycles. The van der Waals surface area contributed by atoms with Gasteiger partial charge in [-0.3, -0.25) is 14.4 Å². The molecule has 5 rings (SSSR count). The third-order valence-electron chi connectivity index (χ3n) is 5.41. The third-order valence-corrected chi connectivity index (χ3v) is 5.41. The van der Waals surface area contributed by atoms with Gasteiger partial charge in [0, 0.05) is 5.56 Å². The Labute approximate surface area is 176 Å². The summed E-state index contributed by atoms with van der Waals surface area (Å²) in [5.41, 5.74) is 0.725. The van der Waals surface area contributed by atoms with Crippen molar-refractivity contribution >= 4 is 17.7 Å². The van der Waals surface area contributed by atoms with E-state index in [0.29, 0.717) is 28.6 Å². The van der Waals surface area contributed by atoms with E-state index in [-0.39, 0.29) is 25.8 Å². The summed E-state index contributed by atoms with van der Waals surface area (Å²) in [7, 11) is 0. The first-order valence-corrected chi connectivity index (χ1v) is 9.77. The largest absolute Gasteiger partial charge is 0.466 e. The van der Waals surface area contributed by atoms with E-state index in [1.54, 1.807) is 31.2 Å². The molecule has 3 heterocycles. The predicted octanol–water partition coefficient (Wildman–Crippen LogP) is 2.42. The first kappa shape index (κ1) is 19.2. The number of benzene rings is 2. The average Bonchev–Trinajstić information content (AvgIpc) is 3.50. The SMILES string of the molecule is CCOC(=O)[C@H]1[C@H](C(=O)c2ccc3c(c2)OCO3)C(=O)O[C@H]1c1ccc2c(c1)OCO2. The lowest BCUT2D eigenvalue weighted by molar-refractivity contribution is -0.150. The fourth-order valence-corrected chi connectivity index (χ4v) is 3.96. The molecule has 9 heteroatoms. The Bertz CT molecular complexity index is 1080. The van der Waals surface area contributed by atoms with Crippen LogP contribution in [0.15, 0.2) is 36.4 Å². The van der Waals surface area contributed by atoms with E-state index in [4.69, 9.17) is 28.4 Å². The van der Waals surface area contributed by atoms with Crippen LogP contribution in [0.2, 0.25) is 0 Å². The van der Waals surface area contributed by atoms with Gasteiger partial charge >= 0.3 is 11.9 Å². The Hall–Kier alpha value is -3.75. The number of carbonyl (C=O) groups excluding carboxylic acids is 3. The lowest BCUT2D eigenvalue weighted by Crippen LogP contribution is -2.33. The number of esters is 2. The number of hydrogen-bond acceptors (Lipinski definition) is 9. The molecule has 160 valence electrons. The summed E-state index contributed by atoms with van der Waals surface area (Å²) in [5, 5.41) is 0. The lowest BCUT2D eigenvalue weighted by Gasteiger charge is -2.19. The van der Waals surface area contributed by atoms with Gasteiger partial charge in [-0.05, 0) is 42.8 Å². The van der Waals surface area contributed by atoms with E-state index in [0.717, 1.165) is 0 Å². The van der Waals surface area contributed by atoms with Crippen molar-refractivity contribution in [2.24, 2.45) is 11.8 Å². The molecule has 0 N–H and O–H groups in total. The van der Waals surface area contributed by atoms with Crippen LogP contribution in [-0.2, 0) is 19.1 Å². The minimum absolute atomic E-state index is 0.0517. The van der Waals surface area contributed by atoms with Gasteiger partial charge in [-0.15, -0.1) is 0 Å².